The maximum Gasteiger partial charge on any atom is 0.243 e. The molecule has 0 unspecified atom stereocenters. The van der Waals surface area contributed by atoms with Crippen molar-refractivity contribution in [3.63, 3.8) is 0 Å². The number of nitrogens with zero attached hydrogens (tertiary/aromatic N) is 2. The van der Waals surface area contributed by atoms with Crippen LogP contribution in [0.15, 0.2) is 64.0 Å². The van der Waals surface area contributed by atoms with Crippen LogP contribution in [-0.2, 0) is 21.3 Å². The fraction of sp³-hybridized carbons (Fsp3) is 0.250. The molecule has 0 spiro atoms. The van der Waals surface area contributed by atoms with Crippen molar-refractivity contribution < 1.29 is 17.6 Å². The number of nitrogens with one attached hydrogen (secondary N) is 1. The van der Waals surface area contributed by atoms with Crippen molar-refractivity contribution in [1.82, 2.24) is 9.29 Å². The van der Waals surface area contributed by atoms with Gasteiger partial charge in [0.1, 0.15) is 0 Å². The van der Waals surface area contributed by atoms with Gasteiger partial charge >= 0.3 is 0 Å². The maximum absolute atomic E-state index is 12.8. The average molecular weight is 434 g/mol. The van der Waals surface area contributed by atoms with Crippen LogP contribution < -0.4 is 5.32 Å². The van der Waals surface area contributed by atoms with E-state index < -0.39 is 10.0 Å². The number of anilines is 1. The number of ether oxygens (including phenoxy) is 1. The van der Waals surface area contributed by atoms with Gasteiger partial charge in [0, 0.05) is 29.4 Å². The summed E-state index contributed by atoms with van der Waals surface area (Å²) in [6.07, 6.45) is 1.65. The summed E-state index contributed by atoms with van der Waals surface area (Å²) in [4.78, 5) is 4.52. The van der Waals surface area contributed by atoms with E-state index in [0.717, 1.165) is 5.56 Å². The van der Waals surface area contributed by atoms with Crippen LogP contribution in [0.1, 0.15) is 5.89 Å². The molecule has 0 atom stereocenters. The minimum Gasteiger partial charge on any atom is -0.439 e. The summed E-state index contributed by atoms with van der Waals surface area (Å²) in [7, 11) is -3.54. The number of aromatic nitrogens is 1. The number of benzene rings is 2. The van der Waals surface area contributed by atoms with E-state index in [2.05, 4.69) is 10.3 Å². The van der Waals surface area contributed by atoms with Crippen molar-refractivity contribution in [2.45, 2.75) is 11.4 Å². The van der Waals surface area contributed by atoms with E-state index in [9.17, 15) is 8.42 Å². The number of rotatable bonds is 6. The van der Waals surface area contributed by atoms with Crippen molar-refractivity contribution >= 4 is 27.3 Å². The Morgan fingerprint density at radius 2 is 1.86 bits per heavy atom. The summed E-state index contributed by atoms with van der Waals surface area (Å²) in [5, 5.41) is 3.82. The molecule has 4 rings (SSSR count). The Bertz CT molecular complexity index is 1080. The number of sulfonamides is 1. The zero-order chi connectivity index (χ0) is 20.3. The van der Waals surface area contributed by atoms with E-state index in [-0.39, 0.29) is 4.90 Å². The number of halogens is 1. The van der Waals surface area contributed by atoms with Crippen LogP contribution >= 0.6 is 11.6 Å². The summed E-state index contributed by atoms with van der Waals surface area (Å²) in [5.41, 5.74) is 1.55. The second-order valence-electron chi connectivity index (χ2n) is 6.52. The average Bonchev–Trinajstić information content (AvgIpc) is 3.23. The Labute approximate surface area is 174 Å². The molecule has 9 heteroatoms. The van der Waals surface area contributed by atoms with Gasteiger partial charge in [0.15, 0.2) is 5.76 Å². The van der Waals surface area contributed by atoms with E-state index in [1.807, 2.05) is 12.1 Å². The van der Waals surface area contributed by atoms with Gasteiger partial charge < -0.3 is 14.5 Å². The first kappa shape index (κ1) is 19.9. The quantitative estimate of drug-likeness (QED) is 0.639. The third-order valence-corrected chi connectivity index (χ3v) is 6.71. The van der Waals surface area contributed by atoms with Crippen molar-refractivity contribution in [2.24, 2.45) is 0 Å². The molecule has 1 aromatic heterocycles. The predicted octanol–water partition coefficient (Wildman–Crippen LogP) is 3.63. The molecule has 1 N–H and O–H groups in total. The Balaban J connectivity index is 1.44. The van der Waals surface area contributed by atoms with E-state index in [1.54, 1.807) is 42.6 Å². The molecule has 152 valence electrons. The topological polar surface area (TPSA) is 84.7 Å². The highest BCUT2D eigenvalue weighted by atomic mass is 35.5. The zero-order valence-corrected chi connectivity index (χ0v) is 17.1. The lowest BCUT2D eigenvalue weighted by molar-refractivity contribution is 0.0730. The van der Waals surface area contributed by atoms with Crippen LogP contribution in [0.4, 0.5) is 5.69 Å². The number of hydrogen-bond donors (Lipinski definition) is 1. The first-order valence-corrected chi connectivity index (χ1v) is 11.0. The van der Waals surface area contributed by atoms with E-state index in [0.29, 0.717) is 55.2 Å². The highest BCUT2D eigenvalue weighted by Crippen LogP contribution is 2.24. The van der Waals surface area contributed by atoms with Crippen LogP contribution in [0.25, 0.3) is 11.3 Å². The van der Waals surface area contributed by atoms with Crippen LogP contribution in [0.2, 0.25) is 5.02 Å². The standard InChI is InChI=1S/C20H20ClN3O4S/c21-16-6-4-15(5-7-16)19-13-23-20(28-19)14-22-17-2-1-3-18(12-17)29(25,26)24-8-10-27-11-9-24/h1-7,12-13,22H,8-11,14H2. The molecule has 1 aliphatic rings. The van der Waals surface area contributed by atoms with Crippen molar-refractivity contribution in [2.75, 3.05) is 31.6 Å². The zero-order valence-electron chi connectivity index (χ0n) is 15.5. The lowest BCUT2D eigenvalue weighted by atomic mass is 10.2. The summed E-state index contributed by atoms with van der Waals surface area (Å²) in [5.74, 6) is 1.14. The van der Waals surface area contributed by atoms with Gasteiger partial charge in [-0.3, -0.25) is 0 Å². The first-order valence-electron chi connectivity index (χ1n) is 9.15. The molecule has 0 bridgehead atoms. The van der Waals surface area contributed by atoms with E-state index in [4.69, 9.17) is 20.8 Å². The summed E-state index contributed by atoms with van der Waals surface area (Å²) in [6.45, 7) is 1.89. The molecule has 7 nitrogen and oxygen atoms in total. The molecule has 0 aliphatic carbocycles. The first-order chi connectivity index (χ1) is 14.0. The van der Waals surface area contributed by atoms with Crippen molar-refractivity contribution in [3.05, 3.63) is 65.6 Å². The number of morpholine rings is 1. The van der Waals surface area contributed by atoms with Crippen LogP contribution in [0.3, 0.4) is 0 Å². The molecule has 0 amide bonds. The summed E-state index contributed by atoms with van der Waals surface area (Å²) in [6, 6.07) is 14.0. The van der Waals surface area contributed by atoms with Crippen LogP contribution in [-0.4, -0.2) is 44.0 Å². The Morgan fingerprint density at radius 3 is 2.62 bits per heavy atom. The highest BCUT2D eigenvalue weighted by Gasteiger charge is 2.26. The third kappa shape index (κ3) is 4.62. The monoisotopic (exact) mass is 433 g/mol. The van der Waals surface area contributed by atoms with Gasteiger partial charge in [-0.25, -0.2) is 13.4 Å². The van der Waals surface area contributed by atoms with Gasteiger partial charge in [-0.2, -0.15) is 4.31 Å². The second-order valence-corrected chi connectivity index (χ2v) is 8.90. The molecule has 0 saturated carbocycles. The molecule has 2 heterocycles. The number of oxazole rings is 1. The lowest BCUT2D eigenvalue weighted by Crippen LogP contribution is -2.40. The Hall–Kier alpha value is -2.39. The van der Waals surface area contributed by atoms with Crippen LogP contribution in [0, 0.1) is 0 Å². The number of hydrogen-bond acceptors (Lipinski definition) is 6. The highest BCUT2D eigenvalue weighted by molar-refractivity contribution is 7.89. The minimum atomic E-state index is -3.54. The molecular weight excluding hydrogens is 414 g/mol. The molecule has 3 aromatic rings. The Kier molecular flexibility index (Phi) is 5.86. The molecule has 2 aromatic carbocycles. The molecule has 0 radical (unpaired) electrons. The van der Waals surface area contributed by atoms with Crippen molar-refractivity contribution in [1.29, 1.82) is 0 Å². The Morgan fingerprint density at radius 1 is 1.10 bits per heavy atom. The molecule has 1 fully saturated rings. The molecule has 1 saturated heterocycles. The fourth-order valence-corrected chi connectivity index (χ4v) is 4.60. The predicted molar refractivity (Wildman–Crippen MR) is 110 cm³/mol. The van der Waals surface area contributed by atoms with Gasteiger partial charge in [-0.15, -0.1) is 0 Å². The third-order valence-electron chi connectivity index (χ3n) is 4.57. The van der Waals surface area contributed by atoms with Crippen LogP contribution in [0.5, 0.6) is 0 Å². The van der Waals surface area contributed by atoms with Crippen molar-refractivity contribution in [3.8, 4) is 11.3 Å². The largest absolute Gasteiger partial charge is 0.439 e. The molecular formula is C20H20ClN3O4S. The van der Waals surface area contributed by atoms with Gasteiger partial charge in [0.25, 0.3) is 0 Å². The van der Waals surface area contributed by atoms with Gasteiger partial charge in [-0.1, -0.05) is 17.7 Å². The fourth-order valence-electron chi connectivity index (χ4n) is 3.02. The van der Waals surface area contributed by atoms with E-state index >= 15 is 0 Å². The van der Waals surface area contributed by atoms with Gasteiger partial charge in [0.05, 0.1) is 30.9 Å². The molecule has 29 heavy (non-hydrogen) atoms. The normalized spacial score (nSPS) is 15.3. The molecule has 1 aliphatic heterocycles. The minimum absolute atomic E-state index is 0.249. The summed E-state index contributed by atoms with van der Waals surface area (Å²) < 4.78 is 38.1. The second kappa shape index (κ2) is 8.54. The van der Waals surface area contributed by atoms with Gasteiger partial charge in [0.2, 0.25) is 15.9 Å². The summed E-state index contributed by atoms with van der Waals surface area (Å²) >= 11 is 5.91. The SMILES string of the molecule is O=S(=O)(c1cccc(NCc2ncc(-c3ccc(Cl)cc3)o2)c1)N1CCOCC1. The van der Waals surface area contributed by atoms with E-state index in [1.165, 1.54) is 4.31 Å². The lowest BCUT2D eigenvalue weighted by Gasteiger charge is -2.26. The smallest absolute Gasteiger partial charge is 0.243 e. The maximum atomic E-state index is 12.8. The van der Waals surface area contributed by atoms with Gasteiger partial charge in [-0.05, 0) is 42.5 Å².